The highest BCUT2D eigenvalue weighted by atomic mass is 16.5. The Morgan fingerprint density at radius 3 is 2.58 bits per heavy atom. The number of amides is 1. The number of anilines is 1. The van der Waals surface area contributed by atoms with E-state index < -0.39 is 0 Å². The van der Waals surface area contributed by atoms with E-state index in [1.54, 1.807) is 4.68 Å². The van der Waals surface area contributed by atoms with Crippen LogP contribution in [0, 0.1) is 25.7 Å². The fourth-order valence-electron chi connectivity index (χ4n) is 2.71. The fraction of sp³-hybridized carbons (Fsp3) is 0.389. The van der Waals surface area contributed by atoms with Crippen LogP contribution in [-0.2, 0) is 14.3 Å². The van der Waals surface area contributed by atoms with Crippen LogP contribution in [-0.4, -0.2) is 28.3 Å². The number of para-hydroxylation sites is 1. The second-order valence-electron chi connectivity index (χ2n) is 6.27. The first kappa shape index (κ1) is 16.2. The van der Waals surface area contributed by atoms with Crippen LogP contribution in [0.25, 0.3) is 5.69 Å². The van der Waals surface area contributed by atoms with Crippen molar-refractivity contribution in [2.45, 2.75) is 27.2 Å². The van der Waals surface area contributed by atoms with Gasteiger partial charge in [-0.3, -0.25) is 9.59 Å². The summed E-state index contributed by atoms with van der Waals surface area (Å²) in [5, 5.41) is 7.27. The van der Waals surface area contributed by atoms with Gasteiger partial charge in [-0.1, -0.05) is 25.1 Å². The summed E-state index contributed by atoms with van der Waals surface area (Å²) < 4.78 is 6.84. The van der Waals surface area contributed by atoms with Crippen LogP contribution in [0.4, 0.5) is 5.69 Å². The highest BCUT2D eigenvalue weighted by molar-refractivity contribution is 5.94. The third-order valence-corrected chi connectivity index (χ3v) is 4.31. The number of aryl methyl sites for hydroxylation is 1. The zero-order chi connectivity index (χ0) is 17.3. The summed E-state index contributed by atoms with van der Waals surface area (Å²) in [5.74, 6) is -0.308. The van der Waals surface area contributed by atoms with Crippen LogP contribution in [0.1, 0.15) is 24.7 Å². The minimum absolute atomic E-state index is 0.0397. The Balaban J connectivity index is 1.65. The van der Waals surface area contributed by atoms with Crippen molar-refractivity contribution in [3.8, 4) is 5.69 Å². The van der Waals surface area contributed by atoms with Crippen LogP contribution in [0.3, 0.4) is 0 Å². The molecule has 126 valence electrons. The fourth-order valence-corrected chi connectivity index (χ4v) is 2.71. The largest absolute Gasteiger partial charge is 0.455 e. The van der Waals surface area contributed by atoms with Gasteiger partial charge < -0.3 is 10.1 Å². The molecule has 0 radical (unpaired) electrons. The molecule has 0 saturated heterocycles. The molecule has 6 nitrogen and oxygen atoms in total. The molecule has 1 aliphatic rings. The molecule has 0 unspecified atom stereocenters. The third kappa shape index (κ3) is 3.32. The predicted molar refractivity (Wildman–Crippen MR) is 89.9 cm³/mol. The minimum Gasteiger partial charge on any atom is -0.455 e. The molecule has 0 aliphatic heterocycles. The quantitative estimate of drug-likeness (QED) is 0.857. The second-order valence-corrected chi connectivity index (χ2v) is 6.27. The summed E-state index contributed by atoms with van der Waals surface area (Å²) in [4.78, 5) is 23.7. The molecule has 1 N–H and O–H groups in total. The molecule has 1 fully saturated rings. The van der Waals surface area contributed by atoms with Crippen molar-refractivity contribution in [3.63, 3.8) is 0 Å². The van der Waals surface area contributed by atoms with Crippen molar-refractivity contribution in [1.29, 1.82) is 0 Å². The Hall–Kier alpha value is -2.63. The summed E-state index contributed by atoms with van der Waals surface area (Å²) in [6.45, 7) is 5.45. The highest BCUT2D eigenvalue weighted by Gasteiger charge is 2.40. The number of nitrogens with zero attached hydrogens (tertiary/aromatic N) is 2. The van der Waals surface area contributed by atoms with Crippen LogP contribution in [0.5, 0.6) is 0 Å². The Morgan fingerprint density at radius 1 is 1.29 bits per heavy atom. The molecular formula is C18H21N3O3. The molecule has 2 atom stereocenters. The van der Waals surface area contributed by atoms with Gasteiger partial charge in [0.15, 0.2) is 6.61 Å². The van der Waals surface area contributed by atoms with Crippen LogP contribution in [0.2, 0.25) is 0 Å². The molecule has 1 heterocycles. The highest BCUT2D eigenvalue weighted by Crippen LogP contribution is 2.38. The molecule has 1 saturated carbocycles. The monoisotopic (exact) mass is 327 g/mol. The lowest BCUT2D eigenvalue weighted by Gasteiger charge is -2.08. The SMILES string of the molecule is Cc1nn(-c2ccccc2)c(C)c1NC(=O)COC(=O)[C@H]1C[C@H]1C. The average molecular weight is 327 g/mol. The Morgan fingerprint density at radius 2 is 1.96 bits per heavy atom. The van der Waals surface area contributed by atoms with Crippen molar-refractivity contribution < 1.29 is 14.3 Å². The van der Waals surface area contributed by atoms with Crippen molar-refractivity contribution in [3.05, 3.63) is 41.7 Å². The van der Waals surface area contributed by atoms with Crippen molar-refractivity contribution in [2.24, 2.45) is 11.8 Å². The van der Waals surface area contributed by atoms with E-state index in [1.807, 2.05) is 51.1 Å². The Bertz CT molecular complexity index is 767. The van der Waals surface area contributed by atoms with Gasteiger partial charge in [-0.2, -0.15) is 5.10 Å². The molecular weight excluding hydrogens is 306 g/mol. The number of hydrogen-bond donors (Lipinski definition) is 1. The van der Waals surface area contributed by atoms with Gasteiger partial charge in [-0.25, -0.2) is 4.68 Å². The first-order valence-electron chi connectivity index (χ1n) is 8.05. The van der Waals surface area contributed by atoms with E-state index >= 15 is 0 Å². The molecule has 0 bridgehead atoms. The number of hydrogen-bond acceptors (Lipinski definition) is 4. The smallest absolute Gasteiger partial charge is 0.309 e. The number of aromatic nitrogens is 2. The van der Waals surface area contributed by atoms with E-state index in [4.69, 9.17) is 4.74 Å². The van der Waals surface area contributed by atoms with E-state index in [0.717, 1.165) is 17.8 Å². The number of carbonyl (C=O) groups is 2. The number of rotatable bonds is 5. The normalized spacial score (nSPS) is 19.0. The standard InChI is InChI=1S/C18H21N3O3/c1-11-9-15(11)18(23)24-10-16(22)19-17-12(2)20-21(13(17)3)14-7-5-4-6-8-14/h4-8,11,15H,9-10H2,1-3H3,(H,19,22)/t11-,15+/m1/s1. The molecule has 1 amide bonds. The van der Waals surface area contributed by atoms with E-state index in [-0.39, 0.29) is 24.4 Å². The number of esters is 1. The number of benzene rings is 1. The van der Waals surface area contributed by atoms with Gasteiger partial charge in [0.1, 0.15) is 0 Å². The van der Waals surface area contributed by atoms with Crippen molar-refractivity contribution >= 4 is 17.6 Å². The maximum Gasteiger partial charge on any atom is 0.309 e. The third-order valence-electron chi connectivity index (χ3n) is 4.31. The first-order chi connectivity index (χ1) is 11.5. The van der Waals surface area contributed by atoms with E-state index in [2.05, 4.69) is 10.4 Å². The molecule has 2 aromatic rings. The molecule has 0 spiro atoms. The maximum absolute atomic E-state index is 12.1. The first-order valence-corrected chi connectivity index (χ1v) is 8.05. The van der Waals surface area contributed by atoms with E-state index in [1.165, 1.54) is 0 Å². The van der Waals surface area contributed by atoms with E-state index in [0.29, 0.717) is 17.3 Å². The maximum atomic E-state index is 12.1. The molecule has 1 aromatic carbocycles. The number of nitrogens with one attached hydrogen (secondary N) is 1. The van der Waals surface area contributed by atoms with Gasteiger partial charge in [0.25, 0.3) is 5.91 Å². The zero-order valence-electron chi connectivity index (χ0n) is 14.1. The van der Waals surface area contributed by atoms with Gasteiger partial charge in [0.05, 0.1) is 28.7 Å². The van der Waals surface area contributed by atoms with Crippen LogP contribution >= 0.6 is 0 Å². The second kappa shape index (κ2) is 6.47. The van der Waals surface area contributed by atoms with Crippen molar-refractivity contribution in [2.75, 3.05) is 11.9 Å². The number of ether oxygens (including phenoxy) is 1. The van der Waals surface area contributed by atoms with Crippen LogP contribution < -0.4 is 5.32 Å². The molecule has 24 heavy (non-hydrogen) atoms. The van der Waals surface area contributed by atoms with Crippen molar-refractivity contribution in [1.82, 2.24) is 9.78 Å². The molecule has 6 heteroatoms. The molecule has 1 aliphatic carbocycles. The average Bonchev–Trinajstić information content (AvgIpc) is 3.25. The van der Waals surface area contributed by atoms with Gasteiger partial charge in [0, 0.05) is 0 Å². The number of carbonyl (C=O) groups excluding carboxylic acids is 2. The van der Waals surface area contributed by atoms with Gasteiger partial charge in [-0.15, -0.1) is 0 Å². The molecule has 1 aromatic heterocycles. The Labute approximate surface area is 140 Å². The summed E-state index contributed by atoms with van der Waals surface area (Å²) in [7, 11) is 0. The zero-order valence-corrected chi connectivity index (χ0v) is 14.1. The van der Waals surface area contributed by atoms with E-state index in [9.17, 15) is 9.59 Å². The lowest BCUT2D eigenvalue weighted by Crippen LogP contribution is -2.22. The minimum atomic E-state index is -0.351. The van der Waals surface area contributed by atoms with Gasteiger partial charge in [-0.05, 0) is 38.3 Å². The predicted octanol–water partition coefficient (Wildman–Crippen LogP) is 2.63. The lowest BCUT2D eigenvalue weighted by molar-refractivity contribution is -0.148. The van der Waals surface area contributed by atoms with Gasteiger partial charge in [0.2, 0.25) is 0 Å². The Kier molecular flexibility index (Phi) is 4.38. The summed E-state index contributed by atoms with van der Waals surface area (Å²) >= 11 is 0. The summed E-state index contributed by atoms with van der Waals surface area (Å²) in [6.07, 6.45) is 0.850. The topological polar surface area (TPSA) is 73.2 Å². The lowest BCUT2D eigenvalue weighted by atomic mass is 10.3. The summed E-state index contributed by atoms with van der Waals surface area (Å²) in [6, 6.07) is 9.70. The van der Waals surface area contributed by atoms with Gasteiger partial charge >= 0.3 is 5.97 Å². The molecule has 3 rings (SSSR count). The van der Waals surface area contributed by atoms with Crippen LogP contribution in [0.15, 0.2) is 30.3 Å². The summed E-state index contributed by atoms with van der Waals surface area (Å²) in [5.41, 5.74) is 3.12.